The van der Waals surface area contributed by atoms with Crippen molar-refractivity contribution < 1.29 is 19.0 Å². The molecule has 28 heavy (non-hydrogen) atoms. The van der Waals surface area contributed by atoms with Crippen LogP contribution in [0.2, 0.25) is 0 Å². The first-order valence-corrected chi connectivity index (χ1v) is 8.49. The number of hydrogen-bond acceptors (Lipinski definition) is 5. The second kappa shape index (κ2) is 7.50. The molecule has 1 N–H and O–H groups in total. The number of aromatic nitrogens is 3. The summed E-state index contributed by atoms with van der Waals surface area (Å²) < 4.78 is 22.0. The van der Waals surface area contributed by atoms with E-state index in [-0.39, 0.29) is 34.4 Å². The highest BCUT2D eigenvalue weighted by atomic mass is 19.1. The molecule has 0 aliphatic heterocycles. The van der Waals surface area contributed by atoms with E-state index in [2.05, 4.69) is 10.1 Å². The van der Waals surface area contributed by atoms with E-state index >= 15 is 0 Å². The molecule has 2 heterocycles. The predicted molar refractivity (Wildman–Crippen MR) is 103 cm³/mol. The normalized spacial score (nSPS) is 11.6. The lowest BCUT2D eigenvalue weighted by Gasteiger charge is -2.31. The van der Waals surface area contributed by atoms with Gasteiger partial charge in [0.15, 0.2) is 6.29 Å². The van der Waals surface area contributed by atoms with Crippen LogP contribution < -0.4 is 4.74 Å². The molecule has 0 saturated carbocycles. The van der Waals surface area contributed by atoms with Crippen molar-refractivity contribution in [1.29, 1.82) is 0 Å². The summed E-state index contributed by atoms with van der Waals surface area (Å²) in [6.45, 7) is 3.82. The molecule has 6 nitrogen and oxygen atoms in total. The minimum Gasteiger partial charge on any atom is -0.507 e. The summed E-state index contributed by atoms with van der Waals surface area (Å²) >= 11 is 0. The van der Waals surface area contributed by atoms with Crippen LogP contribution in [0.15, 0.2) is 42.7 Å². The zero-order chi connectivity index (χ0) is 20.5. The second-order valence-electron chi connectivity index (χ2n) is 6.47. The Morgan fingerprint density at radius 1 is 1.25 bits per heavy atom. The minimum atomic E-state index is -2.19. The van der Waals surface area contributed by atoms with Crippen molar-refractivity contribution in [2.45, 2.75) is 25.3 Å². The highest BCUT2D eigenvalue weighted by molar-refractivity contribution is 6.39. The molecule has 3 aromatic rings. The Kier molecular flexibility index (Phi) is 5.27. The average molecular weight is 375 g/mol. The SMILES string of the molecule is [B]C([B])(Oc1cccc(O)c1C=O)c1c(F)ccnc1-c1ccnn1C(C)C. The summed E-state index contributed by atoms with van der Waals surface area (Å²) in [5.41, 5.74) is 0.294. The molecule has 4 radical (unpaired) electrons. The van der Waals surface area contributed by atoms with Crippen LogP contribution in [0.1, 0.15) is 35.8 Å². The lowest BCUT2D eigenvalue weighted by Crippen LogP contribution is -2.36. The summed E-state index contributed by atoms with van der Waals surface area (Å²) in [7, 11) is 12.3. The molecule has 0 atom stereocenters. The van der Waals surface area contributed by atoms with Crippen LogP contribution in [0.3, 0.4) is 0 Å². The fourth-order valence-electron chi connectivity index (χ4n) is 2.89. The quantitative estimate of drug-likeness (QED) is 0.530. The Hall–Kier alpha value is -3.09. The molecule has 0 fully saturated rings. The number of halogens is 1. The zero-order valence-electron chi connectivity index (χ0n) is 15.3. The molecule has 0 amide bonds. The van der Waals surface area contributed by atoms with Crippen LogP contribution in [0.4, 0.5) is 4.39 Å². The number of aldehydes is 1. The van der Waals surface area contributed by atoms with Crippen molar-refractivity contribution in [2.24, 2.45) is 0 Å². The summed E-state index contributed by atoms with van der Waals surface area (Å²) in [6, 6.07) is 6.89. The average Bonchev–Trinajstić information content (AvgIpc) is 3.11. The molecule has 0 saturated heterocycles. The monoisotopic (exact) mass is 375 g/mol. The highest BCUT2D eigenvalue weighted by Crippen LogP contribution is 2.35. The van der Waals surface area contributed by atoms with Crippen LogP contribution in [0.5, 0.6) is 11.5 Å². The Morgan fingerprint density at radius 3 is 2.68 bits per heavy atom. The molecule has 0 bridgehead atoms. The number of benzene rings is 1. The molecule has 0 unspecified atom stereocenters. The highest BCUT2D eigenvalue weighted by Gasteiger charge is 2.32. The van der Waals surface area contributed by atoms with Gasteiger partial charge in [0, 0.05) is 24.0 Å². The van der Waals surface area contributed by atoms with E-state index in [4.69, 9.17) is 20.4 Å². The molecule has 3 rings (SSSR count). The van der Waals surface area contributed by atoms with Gasteiger partial charge < -0.3 is 9.84 Å². The number of phenolic OH excluding ortho intramolecular Hbond substituents is 1. The first kappa shape index (κ1) is 19.7. The fraction of sp³-hybridized carbons (Fsp3) is 0.211. The molecule has 1 aromatic carbocycles. The number of rotatable bonds is 6. The minimum absolute atomic E-state index is 0.0264. The van der Waals surface area contributed by atoms with Crippen LogP contribution in [-0.4, -0.2) is 41.8 Å². The van der Waals surface area contributed by atoms with E-state index in [9.17, 15) is 14.3 Å². The molecular weight excluding hydrogens is 359 g/mol. The molecule has 2 aromatic heterocycles. The number of hydrogen-bond donors (Lipinski definition) is 1. The van der Waals surface area contributed by atoms with E-state index < -0.39 is 11.2 Å². The first-order chi connectivity index (χ1) is 13.3. The molecule has 0 spiro atoms. The van der Waals surface area contributed by atoms with Gasteiger partial charge in [0.1, 0.15) is 33.0 Å². The van der Waals surface area contributed by atoms with Gasteiger partial charge in [-0.25, -0.2) is 4.39 Å². The van der Waals surface area contributed by atoms with Gasteiger partial charge in [0.2, 0.25) is 0 Å². The van der Waals surface area contributed by atoms with Crippen LogP contribution in [0, 0.1) is 5.82 Å². The number of carbonyl (C=O) groups excluding carboxylic acids is 1. The van der Waals surface area contributed by atoms with Gasteiger partial charge in [-0.15, -0.1) is 0 Å². The van der Waals surface area contributed by atoms with Gasteiger partial charge in [-0.2, -0.15) is 5.10 Å². The van der Waals surface area contributed by atoms with Crippen molar-refractivity contribution >= 4 is 22.0 Å². The Morgan fingerprint density at radius 2 is 2.00 bits per heavy atom. The summed E-state index contributed by atoms with van der Waals surface area (Å²) in [6.07, 6.45) is 3.24. The van der Waals surface area contributed by atoms with E-state index in [1.807, 2.05) is 13.8 Å². The molecule has 0 aliphatic carbocycles. The Bertz CT molecular complexity index is 1020. The van der Waals surface area contributed by atoms with Gasteiger partial charge in [0.25, 0.3) is 0 Å². The van der Waals surface area contributed by atoms with E-state index in [1.54, 1.807) is 16.9 Å². The van der Waals surface area contributed by atoms with Gasteiger partial charge >= 0.3 is 0 Å². The molecular formula is C19H16B2FN3O3. The number of pyridine rings is 1. The second-order valence-corrected chi connectivity index (χ2v) is 6.47. The third-order valence-corrected chi connectivity index (χ3v) is 4.13. The van der Waals surface area contributed by atoms with Crippen molar-refractivity contribution in [2.75, 3.05) is 0 Å². The lowest BCUT2D eigenvalue weighted by molar-refractivity contribution is 0.111. The Labute approximate surface area is 164 Å². The predicted octanol–water partition coefficient (Wildman–Crippen LogP) is 2.71. The molecule has 0 aliphatic rings. The van der Waals surface area contributed by atoms with Crippen molar-refractivity contribution in [3.8, 4) is 22.9 Å². The largest absolute Gasteiger partial charge is 0.507 e. The number of nitrogens with zero attached hydrogens (tertiary/aromatic N) is 3. The Balaban J connectivity index is 2.14. The fourth-order valence-corrected chi connectivity index (χ4v) is 2.89. The standard InChI is InChI=1S/C19H16B2FN3O3/c1-11(2)25-14(7-9-24-25)18-17(13(22)6-8-23-18)19(20,21)28-16-5-3-4-15(27)12(16)10-26/h3-11,27H,1-2H3. The maximum Gasteiger partial charge on any atom is 0.157 e. The van der Waals surface area contributed by atoms with Crippen LogP contribution >= 0.6 is 0 Å². The number of phenols is 1. The summed E-state index contributed by atoms with van der Waals surface area (Å²) in [5.74, 6) is -1.14. The van der Waals surface area contributed by atoms with Crippen LogP contribution in [0.25, 0.3) is 11.4 Å². The molecule has 138 valence electrons. The lowest BCUT2D eigenvalue weighted by atomic mass is 9.60. The topological polar surface area (TPSA) is 77.2 Å². The smallest absolute Gasteiger partial charge is 0.157 e. The van der Waals surface area contributed by atoms with Gasteiger partial charge in [0.05, 0.1) is 22.4 Å². The van der Waals surface area contributed by atoms with Gasteiger partial charge in [-0.3, -0.25) is 14.5 Å². The maximum absolute atomic E-state index is 14.8. The van der Waals surface area contributed by atoms with Gasteiger partial charge in [-0.05, 0) is 38.1 Å². The van der Waals surface area contributed by atoms with Crippen LogP contribution in [-0.2, 0) is 5.40 Å². The first-order valence-electron chi connectivity index (χ1n) is 8.49. The van der Waals surface area contributed by atoms with Gasteiger partial charge in [-0.1, -0.05) is 6.07 Å². The third-order valence-electron chi connectivity index (χ3n) is 4.13. The molecule has 9 heteroatoms. The number of aromatic hydroxyl groups is 1. The van der Waals surface area contributed by atoms with Crippen molar-refractivity contribution in [1.82, 2.24) is 14.8 Å². The number of carbonyl (C=O) groups is 1. The number of ether oxygens (including phenoxy) is 1. The van der Waals surface area contributed by atoms with Crippen molar-refractivity contribution in [3.63, 3.8) is 0 Å². The third kappa shape index (κ3) is 3.52. The van der Waals surface area contributed by atoms with E-state index in [1.165, 1.54) is 24.4 Å². The van der Waals surface area contributed by atoms with Crippen molar-refractivity contribution in [3.05, 3.63) is 59.7 Å². The summed E-state index contributed by atoms with van der Waals surface area (Å²) in [4.78, 5) is 15.5. The van der Waals surface area contributed by atoms with E-state index in [0.717, 1.165) is 6.07 Å². The van der Waals surface area contributed by atoms with E-state index in [0.29, 0.717) is 12.0 Å². The summed E-state index contributed by atoms with van der Waals surface area (Å²) in [5, 5.41) is 11.9. The zero-order valence-corrected chi connectivity index (χ0v) is 15.3. The maximum atomic E-state index is 14.8.